The highest BCUT2D eigenvalue weighted by atomic mass is 16.3. The molecule has 0 saturated carbocycles. The molecule has 0 aliphatic heterocycles. The second kappa shape index (κ2) is 7.26. The molecule has 26 heavy (non-hydrogen) atoms. The van der Waals surface area contributed by atoms with Crippen molar-refractivity contribution in [3.63, 3.8) is 0 Å². The van der Waals surface area contributed by atoms with Gasteiger partial charge in [0.15, 0.2) is 0 Å². The second-order valence-corrected chi connectivity index (χ2v) is 5.10. The van der Waals surface area contributed by atoms with E-state index in [2.05, 4.69) is 20.5 Å². The van der Waals surface area contributed by atoms with E-state index < -0.39 is 23.0 Å². The van der Waals surface area contributed by atoms with Crippen LogP contribution in [0.4, 0.5) is 0 Å². The number of amides is 1. The van der Waals surface area contributed by atoms with Gasteiger partial charge < -0.3 is 5.11 Å². The van der Waals surface area contributed by atoms with Crippen LogP contribution in [0.1, 0.15) is 15.9 Å². The van der Waals surface area contributed by atoms with Crippen molar-refractivity contribution in [1.82, 2.24) is 20.0 Å². The zero-order valence-electron chi connectivity index (χ0n) is 13.3. The summed E-state index contributed by atoms with van der Waals surface area (Å²) < 4.78 is 0.924. The van der Waals surface area contributed by atoms with Crippen LogP contribution in [0.5, 0.6) is 5.88 Å². The summed E-state index contributed by atoms with van der Waals surface area (Å²) in [4.78, 5) is 41.7. The van der Waals surface area contributed by atoms with E-state index in [1.807, 2.05) is 0 Å². The van der Waals surface area contributed by atoms with Gasteiger partial charge in [-0.15, -0.1) is 0 Å². The minimum atomic E-state index is -0.832. The predicted octanol–water partition coefficient (Wildman–Crippen LogP) is 0.390. The third-order valence-electron chi connectivity index (χ3n) is 3.44. The first-order valence-electron chi connectivity index (χ1n) is 7.45. The molecule has 130 valence electrons. The van der Waals surface area contributed by atoms with Crippen LogP contribution in [-0.4, -0.2) is 31.8 Å². The first-order valence-corrected chi connectivity index (χ1v) is 7.45. The Hall–Kier alpha value is -4.01. The van der Waals surface area contributed by atoms with E-state index in [4.69, 9.17) is 0 Å². The Morgan fingerprint density at radius 1 is 1.15 bits per heavy atom. The average Bonchev–Trinajstić information content (AvgIpc) is 2.65. The average molecular weight is 351 g/mol. The molecule has 2 aromatic heterocycles. The van der Waals surface area contributed by atoms with Gasteiger partial charge in [-0.2, -0.15) is 5.10 Å². The minimum Gasteiger partial charge on any atom is -0.493 e. The number of carbonyl (C=O) groups is 1. The topological polar surface area (TPSA) is 129 Å². The molecule has 0 bridgehead atoms. The number of aromatic amines is 1. The van der Waals surface area contributed by atoms with E-state index in [0.29, 0.717) is 11.3 Å². The quantitative estimate of drug-likeness (QED) is 0.462. The fourth-order valence-corrected chi connectivity index (χ4v) is 2.19. The Labute approximate surface area is 146 Å². The van der Waals surface area contributed by atoms with Crippen LogP contribution >= 0.6 is 0 Å². The lowest BCUT2D eigenvalue weighted by atomic mass is 10.2. The number of aromatic nitrogens is 3. The second-order valence-electron chi connectivity index (χ2n) is 5.10. The number of para-hydroxylation sites is 1. The summed E-state index contributed by atoms with van der Waals surface area (Å²) >= 11 is 0. The molecule has 9 heteroatoms. The summed E-state index contributed by atoms with van der Waals surface area (Å²) in [6.07, 6.45) is 3.86. The third kappa shape index (κ3) is 3.41. The maximum Gasteiger partial charge on any atom is 0.335 e. The fraction of sp³-hybridized carbons (Fsp3) is 0. The first-order chi connectivity index (χ1) is 12.6. The van der Waals surface area contributed by atoms with Crippen molar-refractivity contribution in [2.75, 3.05) is 0 Å². The van der Waals surface area contributed by atoms with Gasteiger partial charge in [-0.05, 0) is 24.3 Å². The van der Waals surface area contributed by atoms with Crippen LogP contribution in [0.3, 0.4) is 0 Å². The van der Waals surface area contributed by atoms with Crippen LogP contribution in [0.15, 0.2) is 69.5 Å². The van der Waals surface area contributed by atoms with Crippen LogP contribution in [0.25, 0.3) is 5.69 Å². The number of hydrazone groups is 1. The number of H-pyrrole nitrogens is 1. The SMILES string of the molecule is O=C(N/N=C/c1c(O)n(-c2ccccc2)c(=O)[nH]c1=O)c1ccncc1. The standard InChI is InChI=1S/C17H13N5O4/c23-14(11-6-8-18-9-7-11)21-19-10-13-15(24)20-17(26)22(16(13)25)12-4-2-1-3-5-12/h1-10,25H,(H,21,23)(H,20,24,26)/b19-10+. The molecular weight excluding hydrogens is 338 g/mol. The summed E-state index contributed by atoms with van der Waals surface area (Å²) in [5.74, 6) is -1.11. The van der Waals surface area contributed by atoms with Gasteiger partial charge in [0.1, 0.15) is 5.56 Å². The number of aromatic hydroxyl groups is 1. The summed E-state index contributed by atoms with van der Waals surface area (Å²) in [6.45, 7) is 0. The first kappa shape index (κ1) is 16.8. The van der Waals surface area contributed by atoms with E-state index in [-0.39, 0.29) is 5.56 Å². The highest BCUT2D eigenvalue weighted by Gasteiger charge is 2.14. The molecule has 0 aliphatic rings. The number of carbonyl (C=O) groups excluding carboxylic acids is 1. The van der Waals surface area contributed by atoms with E-state index in [1.165, 1.54) is 24.5 Å². The van der Waals surface area contributed by atoms with Crippen molar-refractivity contribution in [3.05, 3.63) is 86.8 Å². The Bertz CT molecular complexity index is 1070. The summed E-state index contributed by atoms with van der Waals surface area (Å²) in [5, 5.41) is 14.0. The minimum absolute atomic E-state index is 0.275. The monoisotopic (exact) mass is 351 g/mol. The highest BCUT2D eigenvalue weighted by molar-refractivity contribution is 5.94. The van der Waals surface area contributed by atoms with Crippen LogP contribution in [-0.2, 0) is 0 Å². The molecule has 3 rings (SSSR count). The Morgan fingerprint density at radius 2 is 1.85 bits per heavy atom. The molecule has 0 spiro atoms. The molecule has 0 atom stereocenters. The molecule has 1 amide bonds. The normalized spacial score (nSPS) is 10.8. The lowest BCUT2D eigenvalue weighted by Crippen LogP contribution is -2.31. The molecule has 3 aromatic rings. The van der Waals surface area contributed by atoms with Gasteiger partial charge in [0, 0.05) is 18.0 Å². The Balaban J connectivity index is 1.92. The highest BCUT2D eigenvalue weighted by Crippen LogP contribution is 2.14. The molecule has 0 saturated heterocycles. The van der Waals surface area contributed by atoms with Gasteiger partial charge in [0.05, 0.1) is 11.9 Å². The van der Waals surface area contributed by atoms with Crippen molar-refractivity contribution in [1.29, 1.82) is 0 Å². The number of hydrogen-bond donors (Lipinski definition) is 3. The van der Waals surface area contributed by atoms with Gasteiger partial charge >= 0.3 is 5.69 Å². The smallest absolute Gasteiger partial charge is 0.335 e. The molecule has 2 heterocycles. The number of hydrogen-bond acceptors (Lipinski definition) is 6. The van der Waals surface area contributed by atoms with Crippen LogP contribution < -0.4 is 16.7 Å². The molecule has 0 radical (unpaired) electrons. The van der Waals surface area contributed by atoms with Crippen LogP contribution in [0, 0.1) is 0 Å². The number of nitrogens with zero attached hydrogens (tertiary/aromatic N) is 3. The number of nitrogens with one attached hydrogen (secondary N) is 2. The molecule has 0 fully saturated rings. The maximum absolute atomic E-state index is 12.0. The van der Waals surface area contributed by atoms with E-state index >= 15 is 0 Å². The summed E-state index contributed by atoms with van der Waals surface area (Å²) in [5.41, 5.74) is 1.01. The van der Waals surface area contributed by atoms with Crippen molar-refractivity contribution in [2.24, 2.45) is 5.10 Å². The van der Waals surface area contributed by atoms with Gasteiger partial charge in [0.2, 0.25) is 5.88 Å². The van der Waals surface area contributed by atoms with Crippen molar-refractivity contribution in [3.8, 4) is 11.6 Å². The fourth-order valence-electron chi connectivity index (χ4n) is 2.19. The van der Waals surface area contributed by atoms with Gasteiger partial charge in [-0.25, -0.2) is 14.8 Å². The van der Waals surface area contributed by atoms with Gasteiger partial charge in [0.25, 0.3) is 11.5 Å². The zero-order chi connectivity index (χ0) is 18.5. The van der Waals surface area contributed by atoms with Gasteiger partial charge in [-0.3, -0.25) is 19.6 Å². The summed E-state index contributed by atoms with van der Waals surface area (Å²) in [7, 11) is 0. The number of rotatable bonds is 4. The van der Waals surface area contributed by atoms with Crippen molar-refractivity contribution < 1.29 is 9.90 Å². The molecular formula is C17H13N5O4. The lowest BCUT2D eigenvalue weighted by molar-refractivity contribution is 0.0955. The Kier molecular flexibility index (Phi) is 4.70. The van der Waals surface area contributed by atoms with Crippen molar-refractivity contribution in [2.45, 2.75) is 0 Å². The number of benzene rings is 1. The third-order valence-corrected chi connectivity index (χ3v) is 3.44. The Morgan fingerprint density at radius 3 is 2.54 bits per heavy atom. The molecule has 9 nitrogen and oxygen atoms in total. The van der Waals surface area contributed by atoms with E-state index in [0.717, 1.165) is 10.8 Å². The van der Waals surface area contributed by atoms with E-state index in [1.54, 1.807) is 30.3 Å². The van der Waals surface area contributed by atoms with Crippen LogP contribution in [0.2, 0.25) is 0 Å². The van der Waals surface area contributed by atoms with E-state index in [9.17, 15) is 19.5 Å². The largest absolute Gasteiger partial charge is 0.493 e. The number of pyridine rings is 1. The maximum atomic E-state index is 12.0. The molecule has 0 unspecified atom stereocenters. The molecule has 3 N–H and O–H groups in total. The van der Waals surface area contributed by atoms with Crippen molar-refractivity contribution >= 4 is 12.1 Å². The predicted molar refractivity (Wildman–Crippen MR) is 93.6 cm³/mol. The van der Waals surface area contributed by atoms with Gasteiger partial charge in [-0.1, -0.05) is 18.2 Å². The zero-order valence-corrected chi connectivity index (χ0v) is 13.3. The molecule has 0 aliphatic carbocycles. The summed E-state index contributed by atoms with van der Waals surface area (Å²) in [6, 6.07) is 11.3. The lowest BCUT2D eigenvalue weighted by Gasteiger charge is -2.09. The molecule has 1 aromatic carbocycles.